The number of rotatable bonds is 4. The van der Waals surface area contributed by atoms with Gasteiger partial charge >= 0.3 is 0 Å². The third kappa shape index (κ3) is 3.73. The van der Waals surface area contributed by atoms with E-state index in [-0.39, 0.29) is 5.60 Å². The van der Waals surface area contributed by atoms with Crippen molar-refractivity contribution in [3.8, 4) is 0 Å². The molecule has 3 rings (SSSR count). The lowest BCUT2D eigenvalue weighted by atomic mass is 9.95. The molecule has 1 aliphatic heterocycles. The van der Waals surface area contributed by atoms with E-state index in [0.717, 1.165) is 39.3 Å². The topological polar surface area (TPSA) is 35.0 Å². The number of nitrogens with zero attached hydrogens (tertiary/aromatic N) is 2. The van der Waals surface area contributed by atoms with Crippen LogP contribution >= 0.6 is 34.7 Å². The van der Waals surface area contributed by atoms with Crippen molar-refractivity contribution in [2.24, 2.45) is 0 Å². The van der Waals surface area contributed by atoms with Gasteiger partial charge in [0, 0.05) is 33.9 Å². The van der Waals surface area contributed by atoms with Crippen LogP contribution in [0, 0.1) is 0 Å². The Labute approximate surface area is 150 Å². The molecule has 23 heavy (non-hydrogen) atoms. The Bertz CT molecular complexity index is 764. The smallest absolute Gasteiger partial charge is 0.131 e. The molecule has 0 amide bonds. The summed E-state index contributed by atoms with van der Waals surface area (Å²) in [4.78, 5) is 11.9. The Balaban J connectivity index is 2.09. The van der Waals surface area contributed by atoms with Crippen LogP contribution in [0.1, 0.15) is 44.0 Å². The average Bonchev–Trinajstić information content (AvgIpc) is 2.83. The first kappa shape index (κ1) is 17.2. The van der Waals surface area contributed by atoms with Gasteiger partial charge in [0.1, 0.15) is 15.7 Å². The Hall–Kier alpha value is -0.620. The molecule has 0 fully saturated rings. The second kappa shape index (κ2) is 6.71. The minimum absolute atomic E-state index is 0.126. The Morgan fingerprint density at radius 3 is 2.91 bits per heavy atom. The first-order valence-electron chi connectivity index (χ1n) is 7.80. The van der Waals surface area contributed by atoms with Crippen molar-refractivity contribution in [1.29, 1.82) is 0 Å². The normalized spacial score (nSPS) is 17.5. The number of halogens is 1. The second-order valence-corrected chi connectivity index (χ2v) is 9.00. The van der Waals surface area contributed by atoms with E-state index in [4.69, 9.17) is 26.3 Å². The van der Waals surface area contributed by atoms with E-state index in [2.05, 4.69) is 20.8 Å². The van der Waals surface area contributed by atoms with E-state index in [0.29, 0.717) is 6.61 Å². The third-order valence-corrected chi connectivity index (χ3v) is 6.00. The van der Waals surface area contributed by atoms with Crippen LogP contribution in [0.3, 0.4) is 0 Å². The maximum Gasteiger partial charge on any atom is 0.131 e. The van der Waals surface area contributed by atoms with Crippen LogP contribution in [0.4, 0.5) is 0 Å². The van der Waals surface area contributed by atoms with Crippen LogP contribution in [0.5, 0.6) is 0 Å². The minimum atomic E-state index is -0.126. The standard InChI is InChI=1S/C17H21ClN2OS2/c1-5-13-19-15(22-7-6-10(2)18)14-11-8-17(3,4)21-9-12(11)23-16(14)20-13/h6H,5,7-9H2,1-4H3/b10-6-. The van der Waals surface area contributed by atoms with Gasteiger partial charge in [0.05, 0.1) is 12.2 Å². The van der Waals surface area contributed by atoms with E-state index in [1.165, 1.54) is 15.8 Å². The highest BCUT2D eigenvalue weighted by Gasteiger charge is 2.30. The summed E-state index contributed by atoms with van der Waals surface area (Å²) in [6.07, 6.45) is 3.78. The Morgan fingerprint density at radius 2 is 2.22 bits per heavy atom. The fourth-order valence-corrected chi connectivity index (χ4v) is 5.03. The maximum atomic E-state index is 5.96. The van der Waals surface area contributed by atoms with Gasteiger partial charge in [-0.2, -0.15) is 0 Å². The number of ether oxygens (including phenoxy) is 1. The van der Waals surface area contributed by atoms with Crippen LogP contribution in [0.15, 0.2) is 16.1 Å². The molecule has 0 bridgehead atoms. The van der Waals surface area contributed by atoms with E-state index in [1.807, 2.05) is 13.0 Å². The van der Waals surface area contributed by atoms with Crippen molar-refractivity contribution in [3.63, 3.8) is 0 Å². The van der Waals surface area contributed by atoms with Crippen molar-refractivity contribution in [3.05, 3.63) is 27.4 Å². The van der Waals surface area contributed by atoms with Gasteiger partial charge < -0.3 is 4.74 Å². The number of aromatic nitrogens is 2. The summed E-state index contributed by atoms with van der Waals surface area (Å²) in [5.74, 6) is 1.74. The van der Waals surface area contributed by atoms with Crippen molar-refractivity contribution in [1.82, 2.24) is 9.97 Å². The summed E-state index contributed by atoms with van der Waals surface area (Å²) < 4.78 is 5.96. The van der Waals surface area contributed by atoms with E-state index in [9.17, 15) is 0 Å². The lowest BCUT2D eigenvalue weighted by Gasteiger charge is -2.30. The molecular formula is C17H21ClN2OS2. The number of hydrogen-bond donors (Lipinski definition) is 0. The summed E-state index contributed by atoms with van der Waals surface area (Å²) in [5.41, 5.74) is 1.25. The lowest BCUT2D eigenvalue weighted by molar-refractivity contribution is -0.0379. The van der Waals surface area contributed by atoms with Gasteiger partial charge in [-0.05, 0) is 26.3 Å². The molecule has 0 atom stereocenters. The maximum absolute atomic E-state index is 5.96. The zero-order valence-electron chi connectivity index (χ0n) is 13.9. The van der Waals surface area contributed by atoms with E-state index >= 15 is 0 Å². The van der Waals surface area contributed by atoms with E-state index < -0.39 is 0 Å². The van der Waals surface area contributed by atoms with Gasteiger partial charge in [0.15, 0.2) is 0 Å². The fraction of sp³-hybridized carbons (Fsp3) is 0.529. The number of fused-ring (bicyclic) bond motifs is 3. The summed E-state index contributed by atoms with van der Waals surface area (Å²) >= 11 is 9.45. The highest BCUT2D eigenvalue weighted by molar-refractivity contribution is 7.99. The van der Waals surface area contributed by atoms with Crippen molar-refractivity contribution >= 4 is 44.9 Å². The highest BCUT2D eigenvalue weighted by Crippen LogP contribution is 2.41. The average molecular weight is 369 g/mol. The quantitative estimate of drug-likeness (QED) is 0.539. The van der Waals surface area contributed by atoms with Crippen LogP contribution in [-0.4, -0.2) is 21.3 Å². The van der Waals surface area contributed by atoms with Crippen LogP contribution in [-0.2, 0) is 24.2 Å². The molecule has 0 saturated heterocycles. The minimum Gasteiger partial charge on any atom is -0.370 e. The third-order valence-electron chi connectivity index (χ3n) is 3.84. The number of hydrogen-bond acceptors (Lipinski definition) is 5. The largest absolute Gasteiger partial charge is 0.370 e. The van der Waals surface area contributed by atoms with Gasteiger partial charge in [0.25, 0.3) is 0 Å². The van der Waals surface area contributed by atoms with Gasteiger partial charge in [-0.25, -0.2) is 9.97 Å². The van der Waals surface area contributed by atoms with Crippen LogP contribution in [0.25, 0.3) is 10.2 Å². The van der Waals surface area contributed by atoms with Crippen molar-refractivity contribution < 1.29 is 4.74 Å². The number of aryl methyl sites for hydroxylation is 1. The second-order valence-electron chi connectivity index (χ2n) is 6.31. The Morgan fingerprint density at radius 1 is 1.43 bits per heavy atom. The molecule has 3 heterocycles. The highest BCUT2D eigenvalue weighted by atomic mass is 35.5. The fourth-order valence-electron chi connectivity index (χ4n) is 2.65. The van der Waals surface area contributed by atoms with Gasteiger partial charge in [-0.1, -0.05) is 24.6 Å². The molecule has 0 radical (unpaired) electrons. The van der Waals surface area contributed by atoms with Gasteiger partial charge in [-0.3, -0.25) is 0 Å². The van der Waals surface area contributed by atoms with Crippen molar-refractivity contribution in [2.45, 2.75) is 57.8 Å². The van der Waals surface area contributed by atoms with Crippen molar-refractivity contribution in [2.75, 3.05) is 5.75 Å². The summed E-state index contributed by atoms with van der Waals surface area (Å²) in [7, 11) is 0. The molecule has 0 unspecified atom stereocenters. The molecule has 1 aliphatic rings. The molecule has 0 saturated carbocycles. The summed E-state index contributed by atoms with van der Waals surface area (Å²) in [6, 6.07) is 0. The molecule has 0 aromatic carbocycles. The molecular weight excluding hydrogens is 348 g/mol. The molecule has 3 nitrogen and oxygen atoms in total. The predicted octanol–water partition coefficient (Wildman–Crippen LogP) is 5.34. The van der Waals surface area contributed by atoms with Crippen LogP contribution < -0.4 is 0 Å². The molecule has 0 N–H and O–H groups in total. The first-order valence-corrected chi connectivity index (χ1v) is 9.98. The van der Waals surface area contributed by atoms with Gasteiger partial charge in [0.2, 0.25) is 0 Å². The number of allylic oxidation sites excluding steroid dienone is 1. The monoisotopic (exact) mass is 368 g/mol. The first-order chi connectivity index (χ1) is 10.9. The molecule has 2 aromatic heterocycles. The van der Waals surface area contributed by atoms with E-state index in [1.54, 1.807) is 23.1 Å². The zero-order chi connectivity index (χ0) is 16.6. The summed E-state index contributed by atoms with van der Waals surface area (Å²) in [6.45, 7) is 8.97. The predicted molar refractivity (Wildman–Crippen MR) is 99.7 cm³/mol. The molecule has 0 aliphatic carbocycles. The summed E-state index contributed by atoms with van der Waals surface area (Å²) in [5, 5.41) is 3.13. The number of thiophene rings is 1. The van der Waals surface area contributed by atoms with Crippen LogP contribution in [0.2, 0.25) is 0 Å². The molecule has 6 heteroatoms. The molecule has 2 aromatic rings. The Kier molecular flexibility index (Phi) is 5.02. The zero-order valence-corrected chi connectivity index (χ0v) is 16.3. The molecule has 0 spiro atoms. The SMILES string of the molecule is CCc1nc(SC/C=C(/C)Cl)c2c3c(sc2n1)COC(C)(C)C3. The number of thioether (sulfide) groups is 1. The molecule has 124 valence electrons. The lowest BCUT2D eigenvalue weighted by Crippen LogP contribution is -2.31. The van der Waals surface area contributed by atoms with Gasteiger partial charge in [-0.15, -0.1) is 23.1 Å².